The lowest BCUT2D eigenvalue weighted by molar-refractivity contribution is 0.0857. The summed E-state index contributed by atoms with van der Waals surface area (Å²) in [7, 11) is -3.99. The minimum absolute atomic E-state index is 0.000915. The number of rotatable bonds is 4. The predicted octanol–water partition coefficient (Wildman–Crippen LogP) is 2.91. The second-order valence-electron chi connectivity index (χ2n) is 7.17. The molecule has 2 heterocycles. The van der Waals surface area contributed by atoms with E-state index in [2.05, 4.69) is 10.3 Å². The molecule has 0 fully saturated rings. The van der Waals surface area contributed by atoms with Crippen molar-refractivity contribution >= 4 is 21.5 Å². The van der Waals surface area contributed by atoms with Crippen LogP contribution in [0.25, 0.3) is 11.1 Å². The molecule has 1 N–H and O–H groups in total. The van der Waals surface area contributed by atoms with E-state index in [9.17, 15) is 18.3 Å². The predicted molar refractivity (Wildman–Crippen MR) is 108 cm³/mol. The zero-order valence-electron chi connectivity index (χ0n) is 17.0. The van der Waals surface area contributed by atoms with Crippen LogP contribution in [0.5, 0.6) is 5.88 Å². The number of aromatic nitrogens is 2. The Morgan fingerprint density at radius 3 is 2.59 bits per heavy atom. The van der Waals surface area contributed by atoms with Crippen LogP contribution in [0.1, 0.15) is 43.9 Å². The number of allylic oxidation sites excluding steroid dienone is 1. The molecule has 0 radical (unpaired) electrons. The summed E-state index contributed by atoms with van der Waals surface area (Å²) in [5.74, 6) is 1.55. The van der Waals surface area contributed by atoms with Crippen LogP contribution in [0.3, 0.4) is 0 Å². The van der Waals surface area contributed by atoms with Gasteiger partial charge in [-0.25, -0.2) is 17.9 Å². The van der Waals surface area contributed by atoms with E-state index in [-0.39, 0.29) is 28.2 Å². The fourth-order valence-electron chi connectivity index (χ4n) is 3.46. The van der Waals surface area contributed by atoms with Crippen LogP contribution < -0.4 is 0 Å². The first-order valence-corrected chi connectivity index (χ1v) is 10.7. The topological polar surface area (TPSA) is 111 Å². The number of fused-ring (bicyclic) bond motifs is 1. The Hall–Kier alpha value is -2.90. The molecular weight excluding hydrogens is 394 g/mol. The average molecular weight is 417 g/mol. The Morgan fingerprint density at radius 1 is 1.34 bits per heavy atom. The van der Waals surface area contributed by atoms with Crippen molar-refractivity contribution in [3.05, 3.63) is 33.9 Å². The number of hydrogen-bond donors (Lipinski definition) is 1. The first-order valence-electron chi connectivity index (χ1n) is 9.24. The molecule has 154 valence electrons. The van der Waals surface area contributed by atoms with Crippen molar-refractivity contribution in [3.8, 4) is 17.0 Å². The number of nitrogens with zero attached hydrogens (tertiary/aromatic N) is 3. The van der Waals surface area contributed by atoms with E-state index >= 15 is 0 Å². The second kappa shape index (κ2) is 7.50. The number of hydrogen-bond acceptors (Lipinski definition) is 7. The monoisotopic (exact) mass is 417 g/mol. The lowest BCUT2D eigenvalue weighted by Gasteiger charge is -2.24. The molecule has 9 heteroatoms. The van der Waals surface area contributed by atoms with Gasteiger partial charge in [0.15, 0.2) is 0 Å². The SMILES string of the molecule is CCn1ncc(-c2cc(C)c3c(c2C)C(=NOC(C)C)CC(=C=O)S3(=O)=O)c1O. The fourth-order valence-corrected chi connectivity index (χ4v) is 5.17. The number of aryl methyl sites for hydroxylation is 2. The molecule has 0 atom stereocenters. The zero-order chi connectivity index (χ0) is 21.5. The third-order valence-electron chi connectivity index (χ3n) is 4.82. The molecule has 1 aliphatic rings. The van der Waals surface area contributed by atoms with E-state index in [0.29, 0.717) is 40.1 Å². The number of benzene rings is 1. The van der Waals surface area contributed by atoms with E-state index in [1.165, 1.54) is 4.68 Å². The third-order valence-corrected chi connectivity index (χ3v) is 6.76. The first kappa shape index (κ1) is 20.8. The van der Waals surface area contributed by atoms with Gasteiger partial charge in [-0.15, -0.1) is 0 Å². The Bertz CT molecular complexity index is 1170. The van der Waals surface area contributed by atoms with E-state index in [1.807, 2.05) is 6.92 Å². The van der Waals surface area contributed by atoms with Crippen molar-refractivity contribution in [3.63, 3.8) is 0 Å². The molecule has 0 saturated carbocycles. The number of carbonyl (C=O) groups excluding carboxylic acids is 1. The van der Waals surface area contributed by atoms with Gasteiger partial charge in [0, 0.05) is 18.5 Å². The lowest BCUT2D eigenvalue weighted by Crippen LogP contribution is -2.24. The first-order chi connectivity index (χ1) is 13.6. The summed E-state index contributed by atoms with van der Waals surface area (Å²) in [5, 5.41) is 18.8. The quantitative estimate of drug-likeness (QED) is 0.605. The molecule has 0 unspecified atom stereocenters. The molecular formula is C20H23N3O5S. The van der Waals surface area contributed by atoms with Crippen LogP contribution in [0.4, 0.5) is 0 Å². The highest BCUT2D eigenvalue weighted by Gasteiger charge is 2.37. The molecule has 1 aromatic heterocycles. The molecule has 0 aliphatic carbocycles. The van der Waals surface area contributed by atoms with Gasteiger partial charge in [-0.2, -0.15) is 5.10 Å². The maximum Gasteiger partial charge on any atom is 0.217 e. The van der Waals surface area contributed by atoms with Gasteiger partial charge in [-0.05, 0) is 57.4 Å². The van der Waals surface area contributed by atoms with Crippen molar-refractivity contribution in [2.24, 2.45) is 5.16 Å². The standard InChI is InChI=1S/C20H23N3O5S/c1-6-23-20(25)16(9-21-23)15-7-12(4)19-18(13(15)5)17(22-28-11(2)3)8-14(10-24)29(19,26)27/h7,9,11,25H,6,8H2,1-5H3. The summed E-state index contributed by atoms with van der Waals surface area (Å²) in [6.07, 6.45) is 1.13. The summed E-state index contributed by atoms with van der Waals surface area (Å²) in [6, 6.07) is 1.68. The van der Waals surface area contributed by atoms with Crippen LogP contribution in [-0.2, 0) is 26.0 Å². The molecule has 29 heavy (non-hydrogen) atoms. The van der Waals surface area contributed by atoms with Gasteiger partial charge in [-0.3, -0.25) is 0 Å². The zero-order valence-corrected chi connectivity index (χ0v) is 17.8. The normalized spacial score (nSPS) is 16.8. The smallest absolute Gasteiger partial charge is 0.217 e. The Balaban J connectivity index is 2.38. The molecule has 0 saturated heterocycles. The van der Waals surface area contributed by atoms with Crippen LogP contribution in [0, 0.1) is 13.8 Å². The van der Waals surface area contributed by atoms with Gasteiger partial charge in [-0.1, -0.05) is 5.16 Å². The highest BCUT2D eigenvalue weighted by atomic mass is 32.2. The molecule has 1 aromatic carbocycles. The van der Waals surface area contributed by atoms with Crippen molar-refractivity contribution in [2.45, 2.75) is 58.6 Å². The fraction of sp³-hybridized carbons (Fsp3) is 0.400. The van der Waals surface area contributed by atoms with Crippen molar-refractivity contribution in [1.29, 1.82) is 0 Å². The van der Waals surface area contributed by atoms with Crippen LogP contribution in [0.15, 0.2) is 27.2 Å². The highest BCUT2D eigenvalue weighted by molar-refractivity contribution is 7.95. The molecule has 0 amide bonds. The average Bonchev–Trinajstić information content (AvgIpc) is 3.03. The van der Waals surface area contributed by atoms with Crippen LogP contribution in [0.2, 0.25) is 0 Å². The minimum Gasteiger partial charge on any atom is -0.493 e. The summed E-state index contributed by atoms with van der Waals surface area (Å²) < 4.78 is 27.4. The van der Waals surface area contributed by atoms with E-state index in [0.717, 1.165) is 0 Å². The Morgan fingerprint density at radius 2 is 2.03 bits per heavy atom. The highest BCUT2D eigenvalue weighted by Crippen LogP contribution is 2.41. The van der Waals surface area contributed by atoms with E-state index in [1.54, 1.807) is 45.9 Å². The van der Waals surface area contributed by atoms with Gasteiger partial charge < -0.3 is 9.94 Å². The number of sulfone groups is 1. The van der Waals surface area contributed by atoms with Gasteiger partial charge in [0.05, 0.1) is 22.4 Å². The number of oxime groups is 1. The third kappa shape index (κ3) is 3.36. The van der Waals surface area contributed by atoms with Crippen molar-refractivity contribution in [1.82, 2.24) is 9.78 Å². The van der Waals surface area contributed by atoms with Gasteiger partial charge in [0.2, 0.25) is 15.7 Å². The van der Waals surface area contributed by atoms with Crippen LogP contribution in [-0.4, -0.2) is 41.1 Å². The van der Waals surface area contributed by atoms with E-state index < -0.39 is 9.84 Å². The largest absolute Gasteiger partial charge is 0.493 e. The summed E-state index contributed by atoms with van der Waals surface area (Å²) in [6.45, 7) is 9.35. The Kier molecular flexibility index (Phi) is 5.38. The van der Waals surface area contributed by atoms with Gasteiger partial charge >= 0.3 is 0 Å². The second-order valence-corrected chi connectivity index (χ2v) is 9.07. The molecule has 2 aromatic rings. The molecule has 0 spiro atoms. The lowest BCUT2D eigenvalue weighted by atomic mass is 9.91. The van der Waals surface area contributed by atoms with Gasteiger partial charge in [0.25, 0.3) is 0 Å². The molecule has 8 nitrogen and oxygen atoms in total. The summed E-state index contributed by atoms with van der Waals surface area (Å²) >= 11 is 0. The molecule has 3 rings (SSSR count). The summed E-state index contributed by atoms with van der Waals surface area (Å²) in [5.41, 5.74) is 2.91. The molecule has 0 bridgehead atoms. The number of aromatic hydroxyl groups is 1. The minimum atomic E-state index is -3.99. The van der Waals surface area contributed by atoms with E-state index in [4.69, 9.17) is 4.84 Å². The van der Waals surface area contributed by atoms with Crippen molar-refractivity contribution in [2.75, 3.05) is 0 Å². The summed E-state index contributed by atoms with van der Waals surface area (Å²) in [4.78, 5) is 16.4. The van der Waals surface area contributed by atoms with Crippen LogP contribution >= 0.6 is 0 Å². The maximum atomic E-state index is 13.0. The molecule has 1 aliphatic heterocycles. The van der Waals surface area contributed by atoms with Gasteiger partial charge in [0.1, 0.15) is 17.0 Å². The van der Waals surface area contributed by atoms with Crippen molar-refractivity contribution < 1.29 is 23.2 Å². The Labute approximate surface area is 169 Å². The maximum absolute atomic E-state index is 13.0.